The summed E-state index contributed by atoms with van der Waals surface area (Å²) in [5.41, 5.74) is 4.48. The fraction of sp³-hybridized carbons (Fsp3) is 0.300. The van der Waals surface area contributed by atoms with Gasteiger partial charge in [0.2, 0.25) is 11.8 Å². The number of hydrogen-bond donors (Lipinski definition) is 1. The van der Waals surface area contributed by atoms with Gasteiger partial charge in [0.1, 0.15) is 0 Å². The highest BCUT2D eigenvalue weighted by Crippen LogP contribution is 2.25. The van der Waals surface area contributed by atoms with Crippen LogP contribution in [0.4, 0.5) is 5.69 Å². The zero-order valence-corrected chi connectivity index (χ0v) is 16.8. The lowest BCUT2D eigenvalue weighted by molar-refractivity contribution is -0.132. The van der Waals surface area contributed by atoms with Crippen molar-refractivity contribution in [2.75, 3.05) is 18.9 Å². The Labute approximate surface area is 164 Å². The highest BCUT2D eigenvalue weighted by atomic mass is 35.5. The van der Waals surface area contributed by atoms with Crippen LogP contribution in [0.1, 0.15) is 22.3 Å². The van der Waals surface area contributed by atoms with Gasteiger partial charge < -0.3 is 10.2 Å². The summed E-state index contributed by atoms with van der Waals surface area (Å²) < 4.78 is 0. The SMILES string of the molecule is Cc1cc(C)c(NC(=O)CN(C)C(=O)Cc2c(Cl)cccc2Cl)c(C)c1. The van der Waals surface area contributed by atoms with Crippen LogP contribution in [0.2, 0.25) is 10.0 Å². The van der Waals surface area contributed by atoms with Crippen molar-refractivity contribution in [3.05, 3.63) is 62.6 Å². The summed E-state index contributed by atoms with van der Waals surface area (Å²) in [6.07, 6.45) is 0.0465. The molecule has 0 bridgehead atoms. The maximum absolute atomic E-state index is 12.4. The van der Waals surface area contributed by atoms with E-state index in [4.69, 9.17) is 23.2 Å². The molecule has 2 aromatic carbocycles. The van der Waals surface area contributed by atoms with E-state index in [0.29, 0.717) is 15.6 Å². The normalized spacial score (nSPS) is 10.5. The summed E-state index contributed by atoms with van der Waals surface area (Å²) >= 11 is 12.2. The summed E-state index contributed by atoms with van der Waals surface area (Å²) in [4.78, 5) is 26.1. The van der Waals surface area contributed by atoms with Crippen LogP contribution in [0.5, 0.6) is 0 Å². The summed E-state index contributed by atoms with van der Waals surface area (Å²) in [5, 5.41) is 3.77. The van der Waals surface area contributed by atoms with Gasteiger partial charge in [0, 0.05) is 22.8 Å². The molecule has 2 amide bonds. The Bertz CT molecular complexity index is 806. The van der Waals surface area contributed by atoms with Gasteiger partial charge in [-0.3, -0.25) is 9.59 Å². The Morgan fingerprint density at radius 3 is 2.12 bits per heavy atom. The summed E-state index contributed by atoms with van der Waals surface area (Å²) in [5.74, 6) is -0.478. The second kappa shape index (κ2) is 8.56. The standard InChI is InChI=1S/C20H22Cl2N2O2/c1-12-8-13(2)20(14(3)9-12)23-18(25)11-24(4)19(26)10-15-16(21)6-5-7-17(15)22/h5-9H,10-11H2,1-4H3,(H,23,25). The van der Waals surface area contributed by atoms with Crippen molar-refractivity contribution in [3.8, 4) is 0 Å². The molecular formula is C20H22Cl2N2O2. The number of nitrogens with zero attached hydrogens (tertiary/aromatic N) is 1. The van der Waals surface area contributed by atoms with Crippen LogP contribution in [0.3, 0.4) is 0 Å². The van der Waals surface area contributed by atoms with Gasteiger partial charge in [0.25, 0.3) is 0 Å². The molecule has 2 rings (SSSR count). The van der Waals surface area contributed by atoms with Gasteiger partial charge in [0.15, 0.2) is 0 Å². The van der Waals surface area contributed by atoms with Gasteiger partial charge in [-0.15, -0.1) is 0 Å². The molecule has 0 spiro atoms. The summed E-state index contributed by atoms with van der Waals surface area (Å²) in [7, 11) is 1.58. The van der Waals surface area contributed by atoms with Crippen molar-refractivity contribution < 1.29 is 9.59 Å². The average Bonchev–Trinajstić information content (AvgIpc) is 2.54. The minimum atomic E-state index is -0.249. The minimum Gasteiger partial charge on any atom is -0.336 e. The van der Waals surface area contributed by atoms with Crippen LogP contribution in [-0.2, 0) is 16.0 Å². The van der Waals surface area contributed by atoms with E-state index >= 15 is 0 Å². The molecule has 0 saturated carbocycles. The third-order valence-corrected chi connectivity index (χ3v) is 4.85. The number of hydrogen-bond acceptors (Lipinski definition) is 2. The van der Waals surface area contributed by atoms with Gasteiger partial charge in [-0.1, -0.05) is 47.0 Å². The van der Waals surface area contributed by atoms with Crippen LogP contribution >= 0.6 is 23.2 Å². The number of amides is 2. The first-order chi connectivity index (χ1) is 12.2. The molecule has 26 heavy (non-hydrogen) atoms. The second-order valence-electron chi connectivity index (χ2n) is 6.45. The van der Waals surface area contributed by atoms with E-state index in [1.54, 1.807) is 25.2 Å². The van der Waals surface area contributed by atoms with Crippen molar-refractivity contribution in [1.29, 1.82) is 0 Å². The molecule has 0 aliphatic rings. The van der Waals surface area contributed by atoms with E-state index in [0.717, 1.165) is 22.4 Å². The molecular weight excluding hydrogens is 371 g/mol. The molecule has 0 atom stereocenters. The number of carbonyl (C=O) groups excluding carboxylic acids is 2. The molecule has 0 radical (unpaired) electrons. The molecule has 4 nitrogen and oxygen atoms in total. The molecule has 0 aliphatic heterocycles. The van der Waals surface area contributed by atoms with Crippen molar-refractivity contribution in [2.24, 2.45) is 0 Å². The molecule has 0 heterocycles. The number of halogens is 2. The Morgan fingerprint density at radius 2 is 1.58 bits per heavy atom. The highest BCUT2D eigenvalue weighted by Gasteiger charge is 2.17. The van der Waals surface area contributed by atoms with Gasteiger partial charge in [-0.05, 0) is 49.6 Å². The zero-order chi connectivity index (χ0) is 19.4. The van der Waals surface area contributed by atoms with Crippen LogP contribution in [0.25, 0.3) is 0 Å². The number of rotatable bonds is 5. The Kier molecular flexibility index (Phi) is 6.68. The molecule has 1 N–H and O–H groups in total. The lowest BCUT2D eigenvalue weighted by Gasteiger charge is -2.19. The number of carbonyl (C=O) groups is 2. The fourth-order valence-electron chi connectivity index (χ4n) is 2.85. The minimum absolute atomic E-state index is 0.0465. The monoisotopic (exact) mass is 392 g/mol. The number of nitrogens with one attached hydrogen (secondary N) is 1. The second-order valence-corrected chi connectivity index (χ2v) is 7.26. The number of likely N-dealkylation sites (N-methyl/N-ethyl adjacent to an activating group) is 1. The first-order valence-corrected chi connectivity index (χ1v) is 8.99. The topological polar surface area (TPSA) is 49.4 Å². The van der Waals surface area contributed by atoms with Gasteiger partial charge in [0.05, 0.1) is 13.0 Å². The van der Waals surface area contributed by atoms with Crippen LogP contribution in [0.15, 0.2) is 30.3 Å². The van der Waals surface area contributed by atoms with Crippen molar-refractivity contribution >= 4 is 40.7 Å². The number of aryl methyl sites for hydroxylation is 3. The third-order valence-electron chi connectivity index (χ3n) is 4.14. The molecule has 0 unspecified atom stereocenters. The first kappa shape index (κ1) is 20.3. The zero-order valence-electron chi connectivity index (χ0n) is 15.3. The number of anilines is 1. The molecule has 138 valence electrons. The highest BCUT2D eigenvalue weighted by molar-refractivity contribution is 6.36. The first-order valence-electron chi connectivity index (χ1n) is 8.23. The van der Waals surface area contributed by atoms with E-state index in [1.807, 2.05) is 32.9 Å². The van der Waals surface area contributed by atoms with E-state index in [1.165, 1.54) is 4.90 Å². The average molecular weight is 393 g/mol. The van der Waals surface area contributed by atoms with Crippen LogP contribution in [0, 0.1) is 20.8 Å². The predicted molar refractivity (Wildman–Crippen MR) is 107 cm³/mol. The van der Waals surface area contributed by atoms with Gasteiger partial charge in [-0.25, -0.2) is 0 Å². The van der Waals surface area contributed by atoms with Crippen molar-refractivity contribution in [2.45, 2.75) is 27.2 Å². The molecule has 0 aliphatic carbocycles. The van der Waals surface area contributed by atoms with E-state index in [9.17, 15) is 9.59 Å². The largest absolute Gasteiger partial charge is 0.336 e. The molecule has 0 aromatic heterocycles. The molecule has 2 aromatic rings. The van der Waals surface area contributed by atoms with Crippen molar-refractivity contribution in [3.63, 3.8) is 0 Å². The number of benzene rings is 2. The Hall–Kier alpha value is -2.04. The van der Waals surface area contributed by atoms with Crippen molar-refractivity contribution in [1.82, 2.24) is 4.90 Å². The maximum Gasteiger partial charge on any atom is 0.243 e. The lowest BCUT2D eigenvalue weighted by atomic mass is 10.1. The smallest absolute Gasteiger partial charge is 0.243 e. The molecule has 0 saturated heterocycles. The predicted octanol–water partition coefficient (Wildman–Crippen LogP) is 4.56. The van der Waals surface area contributed by atoms with Crippen LogP contribution in [-0.4, -0.2) is 30.3 Å². The van der Waals surface area contributed by atoms with Gasteiger partial charge >= 0.3 is 0 Å². The molecule has 6 heteroatoms. The Balaban J connectivity index is 2.02. The van der Waals surface area contributed by atoms with Crippen LogP contribution < -0.4 is 5.32 Å². The maximum atomic E-state index is 12.4. The van der Waals surface area contributed by atoms with E-state index < -0.39 is 0 Å². The lowest BCUT2D eigenvalue weighted by Crippen LogP contribution is -2.36. The Morgan fingerprint density at radius 1 is 1.04 bits per heavy atom. The van der Waals surface area contributed by atoms with E-state index in [-0.39, 0.29) is 24.8 Å². The van der Waals surface area contributed by atoms with Gasteiger partial charge in [-0.2, -0.15) is 0 Å². The molecule has 0 fully saturated rings. The van der Waals surface area contributed by atoms with E-state index in [2.05, 4.69) is 5.32 Å². The quantitative estimate of drug-likeness (QED) is 0.810. The fourth-order valence-corrected chi connectivity index (χ4v) is 3.38. The third kappa shape index (κ3) is 4.99. The summed E-state index contributed by atoms with van der Waals surface area (Å²) in [6, 6.07) is 9.12. The summed E-state index contributed by atoms with van der Waals surface area (Å²) in [6.45, 7) is 5.86.